The second-order valence-electron chi connectivity index (χ2n) is 7.87. The van der Waals surface area contributed by atoms with E-state index in [9.17, 15) is 9.90 Å². The third-order valence-electron chi connectivity index (χ3n) is 5.12. The van der Waals surface area contributed by atoms with Crippen LogP contribution < -0.4 is 14.8 Å². The van der Waals surface area contributed by atoms with Crippen molar-refractivity contribution in [2.75, 3.05) is 0 Å². The van der Waals surface area contributed by atoms with Crippen molar-refractivity contribution < 1.29 is 24.5 Å². The van der Waals surface area contributed by atoms with Crippen LogP contribution in [0.1, 0.15) is 22.3 Å². The van der Waals surface area contributed by atoms with Gasteiger partial charge in [-0.05, 0) is 47.5 Å². The minimum Gasteiger partial charge on any atom is -0.489 e. The molecule has 4 aromatic carbocycles. The number of carbonyl (C=O) groups is 1. The zero-order valence-corrected chi connectivity index (χ0v) is 23.1. The highest BCUT2D eigenvalue weighted by Crippen LogP contribution is 2.25. The van der Waals surface area contributed by atoms with E-state index in [2.05, 4.69) is 37.2 Å². The summed E-state index contributed by atoms with van der Waals surface area (Å²) < 4.78 is 13.3. The van der Waals surface area contributed by atoms with Crippen LogP contribution in [0.2, 0.25) is 0 Å². The number of aliphatic hydroxyl groups is 1. The van der Waals surface area contributed by atoms with Crippen LogP contribution in [-0.2, 0) is 26.4 Å². The van der Waals surface area contributed by atoms with Crippen LogP contribution in [0.15, 0.2) is 106 Å². The summed E-state index contributed by atoms with van der Waals surface area (Å²) in [6.45, 7) is 1.14. The molecular formula is C29H27Br2NO5. The van der Waals surface area contributed by atoms with Gasteiger partial charge < -0.3 is 25.0 Å². The Morgan fingerprint density at radius 3 is 1.62 bits per heavy atom. The molecule has 8 heteroatoms. The first-order valence-corrected chi connectivity index (χ1v) is 13.0. The van der Waals surface area contributed by atoms with Crippen molar-refractivity contribution >= 4 is 38.0 Å². The standard InChI is InChI=1S/C15H14BrNO3.C14H13BrO2/c16-13-6-7-14(12(8-13)9-17-15(18)19)20-10-11-4-2-1-3-5-11;15-13-6-7-14(12(8-13)9-16)17-10-11-4-2-1-3-5-11/h1-8,17H,9-10H2,(H,18,19);1-8,16H,9-10H2. The first kappa shape index (κ1) is 28.2. The Bertz CT molecular complexity index is 1270. The number of halogens is 2. The molecule has 0 aliphatic rings. The van der Waals surface area contributed by atoms with E-state index < -0.39 is 6.09 Å². The van der Waals surface area contributed by atoms with Crippen molar-refractivity contribution in [3.8, 4) is 11.5 Å². The molecule has 0 bridgehead atoms. The van der Waals surface area contributed by atoms with Crippen molar-refractivity contribution in [2.45, 2.75) is 26.4 Å². The van der Waals surface area contributed by atoms with Crippen LogP contribution in [0, 0.1) is 0 Å². The quantitative estimate of drug-likeness (QED) is 0.181. The molecule has 0 saturated carbocycles. The van der Waals surface area contributed by atoms with Gasteiger partial charge in [-0.25, -0.2) is 4.79 Å². The van der Waals surface area contributed by atoms with Gasteiger partial charge in [0.2, 0.25) is 0 Å². The molecule has 37 heavy (non-hydrogen) atoms. The van der Waals surface area contributed by atoms with Crippen molar-refractivity contribution in [3.63, 3.8) is 0 Å². The number of aliphatic hydroxyl groups excluding tert-OH is 1. The van der Waals surface area contributed by atoms with E-state index in [1.807, 2.05) is 97.1 Å². The van der Waals surface area contributed by atoms with Crippen LogP contribution in [0.5, 0.6) is 11.5 Å². The molecule has 0 fully saturated rings. The molecular weight excluding hydrogens is 602 g/mol. The minimum atomic E-state index is -1.06. The number of nitrogens with one attached hydrogen (secondary N) is 1. The van der Waals surface area contributed by atoms with Crippen LogP contribution in [0.3, 0.4) is 0 Å². The molecule has 0 atom stereocenters. The van der Waals surface area contributed by atoms with E-state index in [-0.39, 0.29) is 13.2 Å². The van der Waals surface area contributed by atoms with Crippen LogP contribution in [0.25, 0.3) is 0 Å². The van der Waals surface area contributed by atoms with E-state index in [1.165, 1.54) is 0 Å². The fourth-order valence-corrected chi connectivity index (χ4v) is 4.10. The number of amides is 1. The predicted molar refractivity (Wildman–Crippen MR) is 151 cm³/mol. The van der Waals surface area contributed by atoms with Gasteiger partial charge in [-0.2, -0.15) is 0 Å². The van der Waals surface area contributed by atoms with Gasteiger partial charge >= 0.3 is 6.09 Å². The average molecular weight is 629 g/mol. The molecule has 0 unspecified atom stereocenters. The molecule has 0 aliphatic heterocycles. The highest BCUT2D eigenvalue weighted by molar-refractivity contribution is 9.10. The van der Waals surface area contributed by atoms with E-state index in [0.717, 1.165) is 36.9 Å². The molecule has 3 N–H and O–H groups in total. The molecule has 4 aromatic rings. The van der Waals surface area contributed by atoms with Gasteiger partial charge in [-0.15, -0.1) is 0 Å². The van der Waals surface area contributed by atoms with E-state index in [0.29, 0.717) is 19.0 Å². The van der Waals surface area contributed by atoms with Crippen molar-refractivity contribution in [2.24, 2.45) is 0 Å². The van der Waals surface area contributed by atoms with Crippen LogP contribution >= 0.6 is 31.9 Å². The molecule has 0 spiro atoms. The van der Waals surface area contributed by atoms with E-state index in [4.69, 9.17) is 14.6 Å². The van der Waals surface area contributed by atoms with Crippen LogP contribution in [-0.4, -0.2) is 16.3 Å². The molecule has 0 aliphatic carbocycles. The zero-order chi connectivity index (χ0) is 26.5. The highest BCUT2D eigenvalue weighted by Gasteiger charge is 2.07. The van der Waals surface area contributed by atoms with Gasteiger partial charge in [0, 0.05) is 26.6 Å². The summed E-state index contributed by atoms with van der Waals surface area (Å²) in [6.07, 6.45) is -1.06. The summed E-state index contributed by atoms with van der Waals surface area (Å²) in [5.74, 6) is 1.39. The summed E-state index contributed by atoms with van der Waals surface area (Å²) >= 11 is 6.74. The summed E-state index contributed by atoms with van der Waals surface area (Å²) in [5.41, 5.74) is 3.75. The van der Waals surface area contributed by atoms with Gasteiger partial charge in [0.25, 0.3) is 0 Å². The zero-order valence-electron chi connectivity index (χ0n) is 19.9. The fourth-order valence-electron chi connectivity index (χ4n) is 3.28. The Morgan fingerprint density at radius 2 is 1.16 bits per heavy atom. The first-order valence-electron chi connectivity index (χ1n) is 11.4. The Morgan fingerprint density at radius 1 is 0.703 bits per heavy atom. The van der Waals surface area contributed by atoms with Gasteiger partial charge in [-0.1, -0.05) is 92.5 Å². The maximum atomic E-state index is 10.6. The van der Waals surface area contributed by atoms with Crippen LogP contribution in [0.4, 0.5) is 4.79 Å². The monoisotopic (exact) mass is 627 g/mol. The Balaban J connectivity index is 0.000000208. The van der Waals surface area contributed by atoms with Crippen molar-refractivity contribution in [3.05, 3.63) is 128 Å². The number of benzene rings is 4. The topological polar surface area (TPSA) is 88.0 Å². The summed E-state index contributed by atoms with van der Waals surface area (Å²) in [6, 6.07) is 30.9. The number of ether oxygens (including phenoxy) is 2. The van der Waals surface area contributed by atoms with Crippen molar-refractivity contribution in [1.29, 1.82) is 0 Å². The van der Waals surface area contributed by atoms with Gasteiger partial charge in [0.15, 0.2) is 0 Å². The van der Waals surface area contributed by atoms with Gasteiger partial charge in [-0.3, -0.25) is 0 Å². The maximum Gasteiger partial charge on any atom is 0.404 e. The Kier molecular flexibility index (Phi) is 11.5. The Labute approximate surface area is 233 Å². The molecule has 0 saturated heterocycles. The lowest BCUT2D eigenvalue weighted by Gasteiger charge is -2.12. The SMILES string of the molecule is O=C(O)NCc1cc(Br)ccc1OCc1ccccc1.OCc1cc(Br)ccc1OCc1ccccc1. The molecule has 0 heterocycles. The third-order valence-corrected chi connectivity index (χ3v) is 6.11. The number of carboxylic acid groups (broad SMARTS) is 1. The largest absolute Gasteiger partial charge is 0.489 e. The third kappa shape index (κ3) is 9.92. The lowest BCUT2D eigenvalue weighted by atomic mass is 10.2. The molecule has 192 valence electrons. The average Bonchev–Trinajstić information content (AvgIpc) is 2.92. The molecule has 4 rings (SSSR count). The van der Waals surface area contributed by atoms with Gasteiger partial charge in [0.1, 0.15) is 24.7 Å². The van der Waals surface area contributed by atoms with Crippen molar-refractivity contribution in [1.82, 2.24) is 5.32 Å². The smallest absolute Gasteiger partial charge is 0.404 e. The summed E-state index contributed by atoms with van der Waals surface area (Å²) in [7, 11) is 0. The second kappa shape index (κ2) is 15.0. The molecule has 0 radical (unpaired) electrons. The number of hydrogen-bond acceptors (Lipinski definition) is 4. The number of hydrogen-bond donors (Lipinski definition) is 3. The maximum absolute atomic E-state index is 10.6. The fraction of sp³-hybridized carbons (Fsp3) is 0.138. The van der Waals surface area contributed by atoms with Gasteiger partial charge in [0.05, 0.1) is 6.61 Å². The normalized spacial score (nSPS) is 10.1. The first-order chi connectivity index (χ1) is 17.9. The lowest BCUT2D eigenvalue weighted by Crippen LogP contribution is -2.20. The molecule has 0 aromatic heterocycles. The minimum absolute atomic E-state index is 0.0242. The molecule has 6 nitrogen and oxygen atoms in total. The second-order valence-corrected chi connectivity index (χ2v) is 9.70. The molecule has 1 amide bonds. The Hall–Kier alpha value is -3.33. The summed E-state index contributed by atoms with van der Waals surface area (Å²) in [4.78, 5) is 10.6. The van der Waals surface area contributed by atoms with E-state index in [1.54, 1.807) is 0 Å². The van der Waals surface area contributed by atoms with E-state index >= 15 is 0 Å². The summed E-state index contributed by atoms with van der Waals surface area (Å²) in [5, 5.41) is 20.3. The highest BCUT2D eigenvalue weighted by atomic mass is 79.9. The lowest BCUT2D eigenvalue weighted by molar-refractivity contribution is 0.193. The predicted octanol–water partition coefficient (Wildman–Crippen LogP) is 7.32. The number of rotatable bonds is 9.